The summed E-state index contributed by atoms with van der Waals surface area (Å²) in [6.07, 6.45) is 5.92. The molecular formula is C17H21ClN6. The summed E-state index contributed by atoms with van der Waals surface area (Å²) in [5.41, 5.74) is 4.90. The van der Waals surface area contributed by atoms with Gasteiger partial charge in [0.25, 0.3) is 0 Å². The van der Waals surface area contributed by atoms with Gasteiger partial charge in [-0.2, -0.15) is 5.10 Å². The van der Waals surface area contributed by atoms with E-state index in [1.54, 1.807) is 6.20 Å². The minimum absolute atomic E-state index is 0.438. The van der Waals surface area contributed by atoms with Crippen molar-refractivity contribution in [1.29, 1.82) is 0 Å². The van der Waals surface area contributed by atoms with Gasteiger partial charge in [0.2, 0.25) is 0 Å². The molecule has 1 saturated heterocycles. The fourth-order valence-electron chi connectivity index (χ4n) is 3.38. The number of aryl methyl sites for hydroxylation is 2. The van der Waals surface area contributed by atoms with Gasteiger partial charge in [-0.3, -0.25) is 4.68 Å². The predicted molar refractivity (Wildman–Crippen MR) is 97.6 cm³/mol. The second kappa shape index (κ2) is 6.11. The molecule has 3 N–H and O–H groups in total. The Morgan fingerprint density at radius 3 is 2.83 bits per heavy atom. The lowest BCUT2D eigenvalue weighted by atomic mass is 10.1. The van der Waals surface area contributed by atoms with Gasteiger partial charge in [0.15, 0.2) is 0 Å². The van der Waals surface area contributed by atoms with Crippen LogP contribution in [0.25, 0.3) is 22.3 Å². The molecule has 0 aromatic carbocycles. The highest BCUT2D eigenvalue weighted by Gasteiger charge is 2.18. The van der Waals surface area contributed by atoms with E-state index in [4.69, 9.17) is 11.6 Å². The van der Waals surface area contributed by atoms with Gasteiger partial charge in [-0.1, -0.05) is 11.6 Å². The van der Waals surface area contributed by atoms with Crippen molar-refractivity contribution in [3.8, 4) is 11.3 Å². The fourth-order valence-corrected chi connectivity index (χ4v) is 3.58. The number of H-pyrrole nitrogens is 1. The molecule has 24 heavy (non-hydrogen) atoms. The molecule has 4 rings (SSSR count). The van der Waals surface area contributed by atoms with E-state index < -0.39 is 0 Å². The summed E-state index contributed by atoms with van der Waals surface area (Å²) in [5, 5.41) is 13.1. The number of nitrogens with zero attached hydrogens (tertiary/aromatic N) is 3. The van der Waals surface area contributed by atoms with Gasteiger partial charge in [-0.25, -0.2) is 4.98 Å². The maximum absolute atomic E-state index is 6.44. The van der Waals surface area contributed by atoms with Gasteiger partial charge < -0.3 is 15.6 Å². The first-order valence-electron chi connectivity index (χ1n) is 8.27. The third-order valence-electron chi connectivity index (χ3n) is 4.60. The average molecular weight is 345 g/mol. The van der Waals surface area contributed by atoms with Crippen LogP contribution in [0.2, 0.25) is 5.02 Å². The van der Waals surface area contributed by atoms with Crippen molar-refractivity contribution in [2.75, 3.05) is 18.4 Å². The average Bonchev–Trinajstić information content (AvgIpc) is 3.14. The van der Waals surface area contributed by atoms with E-state index in [2.05, 4.69) is 31.8 Å². The van der Waals surface area contributed by atoms with Crippen LogP contribution >= 0.6 is 11.6 Å². The lowest BCUT2D eigenvalue weighted by Crippen LogP contribution is -2.35. The molecule has 0 amide bonds. The first-order chi connectivity index (χ1) is 11.6. The number of anilines is 1. The Hall–Kier alpha value is -2.05. The number of hydrogen-bond acceptors (Lipinski definition) is 4. The highest BCUT2D eigenvalue weighted by Crippen LogP contribution is 2.34. The summed E-state index contributed by atoms with van der Waals surface area (Å²) in [4.78, 5) is 7.85. The van der Waals surface area contributed by atoms with E-state index in [-0.39, 0.29) is 0 Å². The van der Waals surface area contributed by atoms with E-state index in [1.807, 2.05) is 24.9 Å². The van der Waals surface area contributed by atoms with Crippen LogP contribution < -0.4 is 10.6 Å². The van der Waals surface area contributed by atoms with Crippen LogP contribution in [0.5, 0.6) is 0 Å². The standard InChI is InChI=1S/C17H21ClN6/c1-10-13(9-24(2)23-10)15-7-12-16(14(18)8-20-17(12)22-15)21-11-3-5-19-6-4-11/h7-9,11,19H,3-6H2,1-2H3,(H2,20,21,22). The molecule has 1 fully saturated rings. The third-order valence-corrected chi connectivity index (χ3v) is 4.89. The number of aromatic nitrogens is 4. The summed E-state index contributed by atoms with van der Waals surface area (Å²) >= 11 is 6.44. The van der Waals surface area contributed by atoms with E-state index in [0.29, 0.717) is 11.1 Å². The predicted octanol–water partition coefficient (Wildman–Crippen LogP) is 3.09. The highest BCUT2D eigenvalue weighted by molar-refractivity contribution is 6.34. The smallest absolute Gasteiger partial charge is 0.139 e. The van der Waals surface area contributed by atoms with Crippen LogP contribution in [0.15, 0.2) is 18.5 Å². The molecule has 0 aliphatic carbocycles. The van der Waals surface area contributed by atoms with Crippen molar-refractivity contribution >= 4 is 28.3 Å². The van der Waals surface area contributed by atoms with Gasteiger partial charge in [0.1, 0.15) is 5.65 Å². The van der Waals surface area contributed by atoms with Gasteiger partial charge in [-0.15, -0.1) is 0 Å². The Morgan fingerprint density at radius 1 is 1.33 bits per heavy atom. The molecule has 0 saturated carbocycles. The zero-order valence-electron chi connectivity index (χ0n) is 13.9. The quantitative estimate of drug-likeness (QED) is 0.683. The lowest BCUT2D eigenvalue weighted by molar-refractivity contribution is 0.479. The molecule has 0 atom stereocenters. The molecule has 126 valence electrons. The van der Waals surface area contributed by atoms with Crippen LogP contribution in [0.3, 0.4) is 0 Å². The van der Waals surface area contributed by atoms with E-state index >= 15 is 0 Å². The molecule has 3 aromatic rings. The number of hydrogen-bond donors (Lipinski definition) is 3. The fraction of sp³-hybridized carbons (Fsp3) is 0.412. The second-order valence-corrected chi connectivity index (χ2v) is 6.80. The molecule has 0 spiro atoms. The molecule has 0 bridgehead atoms. The van der Waals surface area contributed by atoms with E-state index in [9.17, 15) is 0 Å². The number of piperidine rings is 1. The molecule has 3 aromatic heterocycles. The molecule has 6 nitrogen and oxygen atoms in total. The number of fused-ring (bicyclic) bond motifs is 1. The van der Waals surface area contributed by atoms with Crippen LogP contribution in [-0.4, -0.2) is 38.9 Å². The normalized spacial score (nSPS) is 16.0. The summed E-state index contributed by atoms with van der Waals surface area (Å²) in [5.74, 6) is 0. The van der Waals surface area contributed by atoms with Crippen molar-refractivity contribution in [1.82, 2.24) is 25.1 Å². The zero-order valence-corrected chi connectivity index (χ0v) is 14.6. The van der Waals surface area contributed by atoms with Crippen molar-refractivity contribution in [3.05, 3.63) is 29.2 Å². The Morgan fingerprint density at radius 2 is 2.12 bits per heavy atom. The Bertz CT molecular complexity index is 875. The molecule has 4 heterocycles. The van der Waals surface area contributed by atoms with Crippen LogP contribution in [0.4, 0.5) is 5.69 Å². The van der Waals surface area contributed by atoms with Crippen molar-refractivity contribution in [2.45, 2.75) is 25.8 Å². The van der Waals surface area contributed by atoms with Crippen molar-refractivity contribution in [2.24, 2.45) is 7.05 Å². The Balaban J connectivity index is 1.76. The van der Waals surface area contributed by atoms with Crippen molar-refractivity contribution < 1.29 is 0 Å². The molecule has 0 radical (unpaired) electrons. The lowest BCUT2D eigenvalue weighted by Gasteiger charge is -2.25. The van der Waals surface area contributed by atoms with Crippen molar-refractivity contribution in [3.63, 3.8) is 0 Å². The summed E-state index contributed by atoms with van der Waals surface area (Å²) in [7, 11) is 1.93. The summed E-state index contributed by atoms with van der Waals surface area (Å²) in [6.45, 7) is 4.09. The van der Waals surface area contributed by atoms with Gasteiger partial charge in [0.05, 0.1) is 28.3 Å². The molecule has 1 aliphatic heterocycles. The minimum atomic E-state index is 0.438. The number of rotatable bonds is 3. The molecule has 1 aliphatic rings. The van der Waals surface area contributed by atoms with Gasteiger partial charge in [-0.05, 0) is 38.9 Å². The van der Waals surface area contributed by atoms with Gasteiger partial charge in [0, 0.05) is 30.2 Å². The molecular weight excluding hydrogens is 324 g/mol. The minimum Gasteiger partial charge on any atom is -0.380 e. The van der Waals surface area contributed by atoms with E-state index in [0.717, 1.165) is 59.6 Å². The zero-order chi connectivity index (χ0) is 16.7. The maximum Gasteiger partial charge on any atom is 0.139 e. The van der Waals surface area contributed by atoms with Crippen LogP contribution in [0.1, 0.15) is 18.5 Å². The number of aromatic amines is 1. The second-order valence-electron chi connectivity index (χ2n) is 6.40. The number of halogens is 1. The first-order valence-corrected chi connectivity index (χ1v) is 8.64. The topological polar surface area (TPSA) is 70.6 Å². The SMILES string of the molecule is Cc1nn(C)cc1-c1cc2c(NC3CCNCC3)c(Cl)cnc2[nH]1. The Kier molecular flexibility index (Phi) is 3.94. The first kappa shape index (κ1) is 15.5. The Labute approximate surface area is 145 Å². The summed E-state index contributed by atoms with van der Waals surface area (Å²) < 4.78 is 1.82. The van der Waals surface area contributed by atoms with Crippen LogP contribution in [0, 0.1) is 6.92 Å². The number of nitrogens with one attached hydrogen (secondary N) is 3. The summed E-state index contributed by atoms with van der Waals surface area (Å²) in [6, 6.07) is 2.55. The monoisotopic (exact) mass is 344 g/mol. The molecule has 7 heteroatoms. The number of pyridine rings is 1. The largest absolute Gasteiger partial charge is 0.380 e. The van der Waals surface area contributed by atoms with Gasteiger partial charge >= 0.3 is 0 Å². The van der Waals surface area contributed by atoms with Crippen LogP contribution in [-0.2, 0) is 7.05 Å². The third kappa shape index (κ3) is 2.76. The van der Waals surface area contributed by atoms with E-state index in [1.165, 1.54) is 0 Å². The molecule has 0 unspecified atom stereocenters. The maximum atomic E-state index is 6.44. The highest BCUT2D eigenvalue weighted by atomic mass is 35.5.